The molecule has 0 radical (unpaired) electrons. The van der Waals surface area contributed by atoms with Gasteiger partial charge in [-0.3, -0.25) is 0 Å². The van der Waals surface area contributed by atoms with Crippen LogP contribution in [-0.4, -0.2) is 11.7 Å². The minimum atomic E-state index is 0. The predicted octanol–water partition coefficient (Wildman–Crippen LogP) is 1.39. The molecule has 0 N–H and O–H groups in total. The van der Waals surface area contributed by atoms with Crippen LogP contribution in [0.1, 0.15) is 51.0 Å². The number of halogens is 1. The number of methoxy groups -OCH3 is 1. The molecule has 0 unspecified atom stereocenters. The van der Waals surface area contributed by atoms with Gasteiger partial charge in [-0.15, -0.1) is 0 Å². The van der Waals surface area contributed by atoms with Crippen molar-refractivity contribution in [1.82, 2.24) is 4.57 Å². The highest BCUT2D eigenvalue weighted by atomic mass is 79.9. The highest BCUT2D eigenvalue weighted by molar-refractivity contribution is 5.27. The molecule has 24 heavy (non-hydrogen) atoms. The van der Waals surface area contributed by atoms with Gasteiger partial charge in [-0.05, 0) is 43.4 Å². The Balaban J connectivity index is 0.00000288. The van der Waals surface area contributed by atoms with E-state index in [1.54, 1.807) is 7.11 Å². The SMILES string of the molecule is CCCCCCCn1cc[n+](CCCc2ccc(OC)cc2)c1.[Br-]. The van der Waals surface area contributed by atoms with Crippen molar-refractivity contribution >= 4 is 0 Å². The Bertz CT molecular complexity index is 551. The van der Waals surface area contributed by atoms with Crippen LogP contribution in [0.4, 0.5) is 0 Å². The zero-order chi connectivity index (χ0) is 16.3. The molecule has 1 aromatic carbocycles. The fraction of sp³-hybridized carbons (Fsp3) is 0.550. The molecule has 134 valence electrons. The number of hydrogen-bond donors (Lipinski definition) is 0. The van der Waals surface area contributed by atoms with Crippen molar-refractivity contribution in [2.24, 2.45) is 0 Å². The van der Waals surface area contributed by atoms with Gasteiger partial charge in [-0.25, -0.2) is 9.13 Å². The van der Waals surface area contributed by atoms with E-state index >= 15 is 0 Å². The summed E-state index contributed by atoms with van der Waals surface area (Å²) < 4.78 is 9.81. The number of benzene rings is 1. The lowest BCUT2D eigenvalue weighted by molar-refractivity contribution is -0.696. The second-order valence-corrected chi connectivity index (χ2v) is 6.26. The second-order valence-electron chi connectivity index (χ2n) is 6.26. The van der Waals surface area contributed by atoms with Crippen LogP contribution in [0.15, 0.2) is 43.0 Å². The van der Waals surface area contributed by atoms with Gasteiger partial charge in [-0.2, -0.15) is 0 Å². The van der Waals surface area contributed by atoms with Crippen LogP contribution in [0.2, 0.25) is 0 Å². The lowest BCUT2D eigenvalue weighted by Gasteiger charge is -2.02. The Morgan fingerprint density at radius 1 is 1.00 bits per heavy atom. The van der Waals surface area contributed by atoms with Crippen LogP contribution >= 0.6 is 0 Å². The molecule has 4 heteroatoms. The summed E-state index contributed by atoms with van der Waals surface area (Å²) in [4.78, 5) is 0. The fourth-order valence-corrected chi connectivity index (χ4v) is 2.86. The Morgan fingerprint density at radius 3 is 2.46 bits per heavy atom. The summed E-state index contributed by atoms with van der Waals surface area (Å²) in [5.41, 5.74) is 1.38. The third-order valence-corrected chi connectivity index (χ3v) is 4.31. The third kappa shape index (κ3) is 7.52. The van der Waals surface area contributed by atoms with Gasteiger partial charge < -0.3 is 21.7 Å². The van der Waals surface area contributed by atoms with Gasteiger partial charge in [-0.1, -0.05) is 38.3 Å². The van der Waals surface area contributed by atoms with E-state index in [1.165, 1.54) is 37.7 Å². The van der Waals surface area contributed by atoms with Gasteiger partial charge >= 0.3 is 0 Å². The molecule has 0 spiro atoms. The Hall–Kier alpha value is -1.29. The van der Waals surface area contributed by atoms with Gasteiger partial charge in [0.2, 0.25) is 6.33 Å². The van der Waals surface area contributed by atoms with Crippen molar-refractivity contribution in [2.45, 2.75) is 65.0 Å². The molecule has 0 saturated heterocycles. The van der Waals surface area contributed by atoms with Gasteiger partial charge in [0.1, 0.15) is 18.1 Å². The molecule has 1 aromatic heterocycles. The first-order valence-corrected chi connectivity index (χ1v) is 8.99. The van der Waals surface area contributed by atoms with E-state index in [2.05, 4.69) is 46.9 Å². The van der Waals surface area contributed by atoms with E-state index < -0.39 is 0 Å². The quantitative estimate of drug-likeness (QED) is 0.416. The van der Waals surface area contributed by atoms with Gasteiger partial charge in [0.15, 0.2) is 0 Å². The molecule has 0 bridgehead atoms. The summed E-state index contributed by atoms with van der Waals surface area (Å²) in [7, 11) is 1.71. The Labute approximate surface area is 157 Å². The number of hydrogen-bond acceptors (Lipinski definition) is 1. The van der Waals surface area contributed by atoms with Crippen LogP contribution in [0.5, 0.6) is 5.75 Å². The average molecular weight is 395 g/mol. The van der Waals surface area contributed by atoms with E-state index in [4.69, 9.17) is 4.74 Å². The minimum absolute atomic E-state index is 0. The zero-order valence-electron chi connectivity index (χ0n) is 15.1. The lowest BCUT2D eigenvalue weighted by Crippen LogP contribution is -3.00. The maximum atomic E-state index is 5.19. The van der Waals surface area contributed by atoms with Gasteiger partial charge in [0.05, 0.1) is 20.2 Å². The maximum Gasteiger partial charge on any atom is 0.243 e. The number of aromatic nitrogens is 2. The fourth-order valence-electron chi connectivity index (χ4n) is 2.86. The highest BCUT2D eigenvalue weighted by Crippen LogP contribution is 2.12. The molecule has 0 amide bonds. The number of unbranched alkanes of at least 4 members (excludes halogenated alkanes) is 4. The van der Waals surface area contributed by atoms with Gasteiger partial charge in [0, 0.05) is 0 Å². The van der Waals surface area contributed by atoms with Crippen molar-refractivity contribution in [2.75, 3.05) is 7.11 Å². The number of rotatable bonds is 11. The summed E-state index contributed by atoms with van der Waals surface area (Å²) in [6, 6.07) is 8.39. The average Bonchev–Trinajstić information content (AvgIpc) is 3.03. The standard InChI is InChI=1S/C20H31N2O.BrH/c1-3-4-5-6-7-14-21-16-17-22(18-21)15-8-9-19-10-12-20(23-2)13-11-19;/h10-13,16-18H,3-9,14-15H2,1-2H3;1H/q+1;/p-1. The van der Waals surface area contributed by atoms with Crippen LogP contribution in [-0.2, 0) is 19.5 Å². The molecule has 2 aromatic rings. The second kappa shape index (κ2) is 12.1. The largest absolute Gasteiger partial charge is 1.00 e. The molecule has 2 rings (SSSR count). The number of imidazole rings is 1. The molecule has 0 saturated carbocycles. The minimum Gasteiger partial charge on any atom is -1.00 e. The van der Waals surface area contributed by atoms with Crippen LogP contribution in [0.3, 0.4) is 0 Å². The summed E-state index contributed by atoms with van der Waals surface area (Å²) in [6.07, 6.45) is 15.6. The van der Waals surface area contributed by atoms with Gasteiger partial charge in [0.25, 0.3) is 0 Å². The van der Waals surface area contributed by atoms with Crippen molar-refractivity contribution in [3.63, 3.8) is 0 Å². The monoisotopic (exact) mass is 394 g/mol. The molecule has 0 fully saturated rings. The number of ether oxygens (including phenoxy) is 1. The Kier molecular flexibility index (Phi) is 10.5. The normalized spacial score (nSPS) is 10.4. The molecule has 0 aliphatic rings. The van der Waals surface area contributed by atoms with Crippen LogP contribution in [0, 0.1) is 0 Å². The van der Waals surface area contributed by atoms with E-state index in [-0.39, 0.29) is 17.0 Å². The smallest absolute Gasteiger partial charge is 0.243 e. The predicted molar refractivity (Wildman–Crippen MR) is 94.7 cm³/mol. The van der Waals surface area contributed by atoms with E-state index in [0.717, 1.165) is 31.7 Å². The third-order valence-electron chi connectivity index (χ3n) is 4.31. The maximum absolute atomic E-state index is 5.19. The van der Waals surface area contributed by atoms with Crippen molar-refractivity contribution in [1.29, 1.82) is 0 Å². The van der Waals surface area contributed by atoms with E-state index in [9.17, 15) is 0 Å². The molecule has 0 aliphatic carbocycles. The first-order valence-electron chi connectivity index (χ1n) is 8.99. The number of aryl methyl sites for hydroxylation is 3. The van der Waals surface area contributed by atoms with Crippen molar-refractivity contribution in [3.05, 3.63) is 48.5 Å². The summed E-state index contributed by atoms with van der Waals surface area (Å²) in [5.74, 6) is 0.930. The molecule has 0 atom stereocenters. The first-order chi connectivity index (χ1) is 11.3. The molecule has 1 heterocycles. The highest BCUT2D eigenvalue weighted by Gasteiger charge is 2.04. The number of nitrogens with zero attached hydrogens (tertiary/aromatic N) is 2. The van der Waals surface area contributed by atoms with E-state index in [1.807, 2.05) is 12.1 Å². The van der Waals surface area contributed by atoms with Crippen LogP contribution in [0.25, 0.3) is 0 Å². The molecule has 0 aliphatic heterocycles. The van der Waals surface area contributed by atoms with Crippen molar-refractivity contribution in [3.8, 4) is 5.75 Å². The molecular formula is C20H31BrN2O. The summed E-state index contributed by atoms with van der Waals surface area (Å²) >= 11 is 0. The first kappa shape index (κ1) is 20.8. The molecular weight excluding hydrogens is 364 g/mol. The summed E-state index contributed by atoms with van der Waals surface area (Å²) in [6.45, 7) is 4.49. The Morgan fingerprint density at radius 2 is 1.75 bits per heavy atom. The lowest BCUT2D eigenvalue weighted by atomic mass is 10.1. The molecule has 3 nitrogen and oxygen atoms in total. The topological polar surface area (TPSA) is 18.0 Å². The zero-order valence-corrected chi connectivity index (χ0v) is 16.7. The summed E-state index contributed by atoms with van der Waals surface area (Å²) in [5, 5.41) is 0. The van der Waals surface area contributed by atoms with Crippen LogP contribution < -0.4 is 26.3 Å². The van der Waals surface area contributed by atoms with E-state index in [0.29, 0.717) is 0 Å². The van der Waals surface area contributed by atoms with Crippen molar-refractivity contribution < 1.29 is 26.3 Å².